The number of carbonyl (C=O) groups excluding carboxylic acids is 1. The minimum absolute atomic E-state index is 0.0583. The van der Waals surface area contributed by atoms with E-state index in [9.17, 15) is 26.7 Å². The van der Waals surface area contributed by atoms with Gasteiger partial charge in [0.1, 0.15) is 17.4 Å². The minimum Gasteiger partial charge on any atom is -0.300 e. The summed E-state index contributed by atoms with van der Waals surface area (Å²) in [5.41, 5.74) is -2.20. The summed E-state index contributed by atoms with van der Waals surface area (Å²) in [4.78, 5) is 11.8. The van der Waals surface area contributed by atoms with E-state index in [1.807, 2.05) is 0 Å². The van der Waals surface area contributed by atoms with Crippen molar-refractivity contribution in [3.05, 3.63) is 34.9 Å². The summed E-state index contributed by atoms with van der Waals surface area (Å²) in [6.07, 6.45) is -4.11. The number of carbonyl (C=O) groups is 1. The topological polar surface area (TPSA) is 40.9 Å². The average Bonchev–Trinajstić information content (AvgIpc) is 2.38. The van der Waals surface area contributed by atoms with Gasteiger partial charge in [-0.15, -0.1) is 0 Å². The molecule has 21 heavy (non-hydrogen) atoms. The molecule has 2 rings (SSSR count). The Morgan fingerprint density at radius 1 is 1.24 bits per heavy atom. The van der Waals surface area contributed by atoms with Crippen LogP contribution >= 0.6 is 0 Å². The van der Waals surface area contributed by atoms with Gasteiger partial charge in [0.15, 0.2) is 0 Å². The van der Waals surface area contributed by atoms with E-state index < -0.39 is 47.3 Å². The first-order chi connectivity index (χ1) is 9.75. The van der Waals surface area contributed by atoms with Crippen LogP contribution in [-0.4, -0.2) is 12.5 Å². The number of alkyl halides is 3. The highest BCUT2D eigenvalue weighted by molar-refractivity contribution is 6.72. The summed E-state index contributed by atoms with van der Waals surface area (Å²) in [6.45, 7) is -0.924. The highest BCUT2D eigenvalue weighted by atomic mass is 19.4. The fourth-order valence-electron chi connectivity index (χ4n) is 2.59. The number of hydrogen-bond acceptors (Lipinski definition) is 2. The average molecular weight is 301 g/mol. The van der Waals surface area contributed by atoms with Crippen LogP contribution in [0.4, 0.5) is 22.0 Å². The molecule has 1 aliphatic rings. The molecule has 0 saturated carbocycles. The van der Waals surface area contributed by atoms with Crippen molar-refractivity contribution in [1.82, 2.24) is 0 Å². The first-order valence-corrected chi connectivity index (χ1v) is 6.24. The summed E-state index contributed by atoms with van der Waals surface area (Å²) in [7, 11) is 0. The molecular weight excluding hydrogens is 292 g/mol. The lowest BCUT2D eigenvalue weighted by molar-refractivity contribution is -0.138. The van der Waals surface area contributed by atoms with E-state index in [1.54, 1.807) is 5.97 Å². The number of hydrogen-bond donors (Lipinski definition) is 0. The highest BCUT2D eigenvalue weighted by Crippen LogP contribution is 2.37. The Balaban J connectivity index is 2.54. The molecule has 1 heterocycles. The third kappa shape index (κ3) is 2.92. The van der Waals surface area contributed by atoms with E-state index in [2.05, 4.69) is 0 Å². The van der Waals surface area contributed by atoms with E-state index in [0.717, 1.165) is 0 Å². The monoisotopic (exact) mass is 301 g/mol. The van der Waals surface area contributed by atoms with Gasteiger partial charge < -0.3 is 0 Å². The molecule has 0 amide bonds. The molecule has 8 heteroatoms. The smallest absolute Gasteiger partial charge is 0.300 e. The van der Waals surface area contributed by atoms with Crippen LogP contribution in [0, 0.1) is 22.9 Å². The molecule has 0 aliphatic carbocycles. The zero-order valence-electron chi connectivity index (χ0n) is 10.7. The molecule has 2 nitrogen and oxygen atoms in total. The third-order valence-corrected chi connectivity index (χ3v) is 3.57. The maximum absolute atomic E-state index is 13.9. The van der Waals surface area contributed by atoms with Crippen LogP contribution in [0.2, 0.25) is 6.32 Å². The standard InChI is InChI=1S/C13H9BF5NO/c15-8-4-7(13(17,18)19)5-9(16)11(8)12-10(21)2-1-3-14(12)6-20/h4-5,12H,1-3H2. The molecular formula is C13H9BF5NO. The molecule has 110 valence electrons. The Labute approximate surface area is 117 Å². The summed E-state index contributed by atoms with van der Waals surface area (Å²) in [5, 5.41) is 8.98. The zero-order valence-corrected chi connectivity index (χ0v) is 10.7. The van der Waals surface area contributed by atoms with Crippen molar-refractivity contribution in [3.63, 3.8) is 0 Å². The van der Waals surface area contributed by atoms with Crippen LogP contribution in [0.5, 0.6) is 0 Å². The summed E-state index contributed by atoms with van der Waals surface area (Å²) in [6, 6.07) is 0.323. The Hall–Kier alpha value is -1.91. The van der Waals surface area contributed by atoms with Crippen LogP contribution in [0.25, 0.3) is 0 Å². The van der Waals surface area contributed by atoms with Crippen LogP contribution in [0.1, 0.15) is 29.8 Å². The van der Waals surface area contributed by atoms with Crippen molar-refractivity contribution in [2.24, 2.45) is 0 Å². The van der Waals surface area contributed by atoms with Crippen molar-refractivity contribution in [3.8, 4) is 5.97 Å². The predicted octanol–water partition coefficient (Wildman–Crippen LogP) is 3.53. The molecule has 0 bridgehead atoms. The van der Waals surface area contributed by atoms with Crippen LogP contribution in [0.15, 0.2) is 12.1 Å². The molecule has 1 aliphatic heterocycles. The third-order valence-electron chi connectivity index (χ3n) is 3.57. The minimum atomic E-state index is -4.88. The van der Waals surface area contributed by atoms with Crippen LogP contribution in [-0.2, 0) is 11.0 Å². The Bertz CT molecular complexity index is 599. The number of ketones is 1. The molecule has 0 radical (unpaired) electrons. The van der Waals surface area contributed by atoms with Gasteiger partial charge in [-0.2, -0.15) is 13.2 Å². The molecule has 1 aromatic rings. The second kappa shape index (κ2) is 5.47. The Morgan fingerprint density at radius 3 is 2.29 bits per heavy atom. The van der Waals surface area contributed by atoms with E-state index in [4.69, 9.17) is 5.26 Å². The van der Waals surface area contributed by atoms with Crippen molar-refractivity contribution >= 4 is 12.5 Å². The lowest BCUT2D eigenvalue weighted by Crippen LogP contribution is -2.35. The summed E-state index contributed by atoms with van der Waals surface area (Å²) in [5.74, 6) is -2.94. The second-order valence-electron chi connectivity index (χ2n) is 4.92. The van der Waals surface area contributed by atoms with Gasteiger partial charge in [-0.3, -0.25) is 4.79 Å². The van der Waals surface area contributed by atoms with Gasteiger partial charge in [-0.1, -0.05) is 12.7 Å². The Morgan fingerprint density at radius 2 is 1.81 bits per heavy atom. The van der Waals surface area contributed by atoms with Crippen LogP contribution in [0.3, 0.4) is 0 Å². The maximum atomic E-state index is 13.9. The first kappa shape index (κ1) is 15.5. The number of nitriles is 1. The van der Waals surface area contributed by atoms with Gasteiger partial charge in [0, 0.05) is 23.8 Å². The van der Waals surface area contributed by atoms with Gasteiger partial charge in [-0.25, -0.2) is 14.0 Å². The molecule has 1 atom stereocenters. The van der Waals surface area contributed by atoms with E-state index in [0.29, 0.717) is 6.42 Å². The predicted molar refractivity (Wildman–Crippen MR) is 64.5 cm³/mol. The maximum Gasteiger partial charge on any atom is 0.416 e. The fourth-order valence-corrected chi connectivity index (χ4v) is 2.59. The van der Waals surface area contributed by atoms with Gasteiger partial charge in [0.05, 0.1) is 5.56 Å². The number of nitrogens with zero attached hydrogens (tertiary/aromatic N) is 1. The van der Waals surface area contributed by atoms with Gasteiger partial charge >= 0.3 is 6.18 Å². The lowest BCUT2D eigenvalue weighted by atomic mass is 9.35. The van der Waals surface area contributed by atoms with Crippen molar-refractivity contribution in [2.45, 2.75) is 31.2 Å². The molecule has 0 N–H and O–H groups in total. The second-order valence-corrected chi connectivity index (χ2v) is 4.92. The molecule has 1 saturated heterocycles. The molecule has 1 aromatic carbocycles. The number of halogens is 5. The Kier molecular flexibility index (Phi) is 4.03. The number of benzene rings is 1. The zero-order chi connectivity index (χ0) is 15.8. The van der Waals surface area contributed by atoms with E-state index >= 15 is 0 Å². The first-order valence-electron chi connectivity index (χ1n) is 6.24. The molecule has 1 unspecified atom stereocenters. The van der Waals surface area contributed by atoms with Gasteiger partial charge in [-0.05, 0) is 12.1 Å². The largest absolute Gasteiger partial charge is 0.416 e. The van der Waals surface area contributed by atoms with Crippen molar-refractivity contribution < 1.29 is 26.7 Å². The van der Waals surface area contributed by atoms with Crippen molar-refractivity contribution in [2.75, 3.05) is 0 Å². The van der Waals surface area contributed by atoms with Crippen molar-refractivity contribution in [1.29, 1.82) is 5.26 Å². The molecule has 0 spiro atoms. The molecule has 0 aromatic heterocycles. The van der Waals surface area contributed by atoms with E-state index in [1.165, 1.54) is 0 Å². The number of rotatable bonds is 1. The summed E-state index contributed by atoms with van der Waals surface area (Å²) < 4.78 is 65.3. The highest BCUT2D eigenvalue weighted by Gasteiger charge is 2.41. The van der Waals surface area contributed by atoms with Crippen LogP contribution < -0.4 is 0 Å². The quantitative estimate of drug-likeness (QED) is 0.588. The fraction of sp³-hybridized carbons (Fsp3) is 0.385. The number of Topliss-reactive ketones (excluding diaryl/α,β-unsaturated/α-hetero) is 1. The SMILES string of the molecule is N#CB1CCCC(=O)C1c1c(F)cc(C(F)(F)F)cc1F. The van der Waals surface area contributed by atoms with E-state index in [-0.39, 0.29) is 24.9 Å². The van der Waals surface area contributed by atoms with Gasteiger partial charge in [0.25, 0.3) is 6.71 Å². The summed E-state index contributed by atoms with van der Waals surface area (Å²) >= 11 is 0. The van der Waals surface area contributed by atoms with Gasteiger partial charge in [0.2, 0.25) is 0 Å². The molecule has 1 fully saturated rings. The normalized spacial score (nSPS) is 19.5. The lowest BCUT2D eigenvalue weighted by Gasteiger charge is -2.24.